The Bertz CT molecular complexity index is 718. The topological polar surface area (TPSA) is 49.4 Å². The van der Waals surface area contributed by atoms with Crippen LogP contribution in [0.25, 0.3) is 0 Å². The maximum absolute atomic E-state index is 12.2. The molecule has 0 spiro atoms. The van der Waals surface area contributed by atoms with E-state index < -0.39 is 0 Å². The molecule has 0 bridgehead atoms. The van der Waals surface area contributed by atoms with Crippen LogP contribution in [0.4, 0.5) is 5.69 Å². The molecule has 5 heteroatoms. The third-order valence-corrected chi connectivity index (χ3v) is 4.91. The Morgan fingerprint density at radius 3 is 2.57 bits per heavy atom. The zero-order chi connectivity index (χ0) is 16.2. The predicted molar refractivity (Wildman–Crippen MR) is 98.2 cm³/mol. The highest BCUT2D eigenvalue weighted by atomic mass is 127. The van der Waals surface area contributed by atoms with Crippen LogP contribution in [0.2, 0.25) is 0 Å². The highest BCUT2D eigenvalue weighted by Gasteiger charge is 2.31. The Kier molecular flexibility index (Phi) is 4.95. The first-order valence-corrected chi connectivity index (χ1v) is 8.58. The molecule has 1 aliphatic heterocycles. The summed E-state index contributed by atoms with van der Waals surface area (Å²) in [6.45, 7) is 0.704. The normalized spacial score (nSPS) is 17.3. The Morgan fingerprint density at radius 2 is 1.83 bits per heavy atom. The van der Waals surface area contributed by atoms with Gasteiger partial charge in [-0.2, -0.15) is 0 Å². The number of hydrogen-bond acceptors (Lipinski definition) is 2. The lowest BCUT2D eigenvalue weighted by molar-refractivity contribution is -0.131. The molecule has 1 fully saturated rings. The molecule has 2 aromatic rings. The molecule has 1 unspecified atom stereocenters. The van der Waals surface area contributed by atoms with Crippen LogP contribution >= 0.6 is 22.6 Å². The molecule has 0 saturated carbocycles. The van der Waals surface area contributed by atoms with Crippen molar-refractivity contribution in [1.82, 2.24) is 4.90 Å². The number of anilines is 1. The maximum Gasteiger partial charge on any atom is 0.244 e. The minimum Gasteiger partial charge on any atom is -0.333 e. The summed E-state index contributed by atoms with van der Waals surface area (Å²) in [5.74, 6) is 0.0568. The fraction of sp³-hybridized carbons (Fsp3) is 0.222. The second-order valence-corrected chi connectivity index (χ2v) is 6.78. The van der Waals surface area contributed by atoms with Crippen LogP contribution < -0.4 is 5.32 Å². The van der Waals surface area contributed by atoms with Gasteiger partial charge in [-0.15, -0.1) is 0 Å². The number of rotatable bonds is 4. The second kappa shape index (κ2) is 7.12. The van der Waals surface area contributed by atoms with Gasteiger partial charge in [0.15, 0.2) is 0 Å². The Morgan fingerprint density at radius 1 is 1.13 bits per heavy atom. The van der Waals surface area contributed by atoms with Crippen LogP contribution in [0.1, 0.15) is 17.9 Å². The Hall–Kier alpha value is -1.89. The summed E-state index contributed by atoms with van der Waals surface area (Å²) in [6.07, 6.45) is 0.472. The number of nitrogens with one attached hydrogen (secondary N) is 1. The summed E-state index contributed by atoms with van der Waals surface area (Å²) in [5, 5.41) is 2.87. The first kappa shape index (κ1) is 16.0. The van der Waals surface area contributed by atoms with E-state index in [1.807, 2.05) is 54.6 Å². The SMILES string of the molecule is O=C(CN1CC(c2ccccc2)CC1=O)Nc1ccccc1I. The number of nitrogens with zero attached hydrogens (tertiary/aromatic N) is 1. The molecule has 118 valence electrons. The molecule has 3 rings (SSSR count). The molecule has 1 atom stereocenters. The summed E-state index contributed by atoms with van der Waals surface area (Å²) in [4.78, 5) is 26.0. The van der Waals surface area contributed by atoms with E-state index in [1.165, 1.54) is 0 Å². The van der Waals surface area contributed by atoms with E-state index in [9.17, 15) is 9.59 Å². The number of carbonyl (C=O) groups excluding carboxylic acids is 2. The van der Waals surface area contributed by atoms with Crippen molar-refractivity contribution in [3.05, 3.63) is 63.7 Å². The van der Waals surface area contributed by atoms with Gasteiger partial charge in [-0.25, -0.2) is 0 Å². The van der Waals surface area contributed by atoms with Crippen molar-refractivity contribution >= 4 is 40.1 Å². The van der Waals surface area contributed by atoms with Crippen LogP contribution in [-0.2, 0) is 9.59 Å². The molecule has 4 nitrogen and oxygen atoms in total. The molecule has 0 aromatic heterocycles. The van der Waals surface area contributed by atoms with Crippen molar-refractivity contribution in [2.24, 2.45) is 0 Å². The number of benzene rings is 2. The number of para-hydroxylation sites is 1. The second-order valence-electron chi connectivity index (χ2n) is 5.61. The van der Waals surface area contributed by atoms with E-state index in [4.69, 9.17) is 0 Å². The number of amides is 2. The molecule has 1 saturated heterocycles. The number of hydrogen-bond donors (Lipinski definition) is 1. The third-order valence-electron chi connectivity index (χ3n) is 3.97. The summed E-state index contributed by atoms with van der Waals surface area (Å²) in [5.41, 5.74) is 1.94. The van der Waals surface area contributed by atoms with Gasteiger partial charge in [0.05, 0.1) is 12.2 Å². The fourth-order valence-corrected chi connectivity index (χ4v) is 3.32. The predicted octanol–water partition coefficient (Wildman–Crippen LogP) is 3.25. The molecule has 1 aliphatic rings. The lowest BCUT2D eigenvalue weighted by atomic mass is 9.99. The molecular formula is C18H17IN2O2. The average Bonchev–Trinajstić information content (AvgIpc) is 2.91. The van der Waals surface area contributed by atoms with Crippen molar-refractivity contribution in [3.8, 4) is 0 Å². The minimum atomic E-state index is -0.156. The standard InChI is InChI=1S/C18H17IN2O2/c19-15-8-4-5-9-16(15)20-17(22)12-21-11-14(10-18(21)23)13-6-2-1-3-7-13/h1-9,14H,10-12H2,(H,20,22). The number of carbonyl (C=O) groups is 2. The molecular weight excluding hydrogens is 403 g/mol. The molecule has 1 N–H and O–H groups in total. The lowest BCUT2D eigenvalue weighted by Crippen LogP contribution is -2.34. The summed E-state index contributed by atoms with van der Waals surface area (Å²) in [7, 11) is 0. The van der Waals surface area contributed by atoms with Crippen molar-refractivity contribution in [2.75, 3.05) is 18.4 Å². The molecule has 2 aromatic carbocycles. The Labute approximate surface area is 149 Å². The van der Waals surface area contributed by atoms with Crippen molar-refractivity contribution in [1.29, 1.82) is 0 Å². The molecule has 1 heterocycles. The van der Waals surface area contributed by atoms with E-state index in [2.05, 4.69) is 27.9 Å². The van der Waals surface area contributed by atoms with E-state index >= 15 is 0 Å². The van der Waals surface area contributed by atoms with Crippen molar-refractivity contribution in [3.63, 3.8) is 0 Å². The van der Waals surface area contributed by atoms with E-state index in [-0.39, 0.29) is 24.3 Å². The highest BCUT2D eigenvalue weighted by Crippen LogP contribution is 2.27. The lowest BCUT2D eigenvalue weighted by Gasteiger charge is -2.17. The van der Waals surface area contributed by atoms with Gasteiger partial charge >= 0.3 is 0 Å². The van der Waals surface area contributed by atoms with Gasteiger partial charge in [0.1, 0.15) is 0 Å². The van der Waals surface area contributed by atoms with Gasteiger partial charge in [-0.05, 0) is 40.3 Å². The van der Waals surface area contributed by atoms with Crippen molar-refractivity contribution in [2.45, 2.75) is 12.3 Å². The largest absolute Gasteiger partial charge is 0.333 e. The molecule has 0 radical (unpaired) electrons. The van der Waals surface area contributed by atoms with Gasteiger partial charge < -0.3 is 10.2 Å². The first-order valence-electron chi connectivity index (χ1n) is 7.50. The van der Waals surface area contributed by atoms with Crippen LogP contribution in [0.5, 0.6) is 0 Å². The van der Waals surface area contributed by atoms with Crippen LogP contribution in [0.15, 0.2) is 54.6 Å². The summed E-state index contributed by atoms with van der Waals surface area (Å²) < 4.78 is 0.980. The zero-order valence-electron chi connectivity index (χ0n) is 12.5. The van der Waals surface area contributed by atoms with Gasteiger partial charge in [0.2, 0.25) is 11.8 Å². The van der Waals surface area contributed by atoms with Crippen molar-refractivity contribution < 1.29 is 9.59 Å². The minimum absolute atomic E-state index is 0.0387. The molecule has 0 aliphatic carbocycles. The quantitative estimate of drug-likeness (QED) is 0.773. The van der Waals surface area contributed by atoms with Crippen LogP contribution in [0, 0.1) is 3.57 Å². The highest BCUT2D eigenvalue weighted by molar-refractivity contribution is 14.1. The summed E-state index contributed by atoms with van der Waals surface area (Å²) >= 11 is 2.18. The third kappa shape index (κ3) is 3.90. The summed E-state index contributed by atoms with van der Waals surface area (Å²) in [6, 6.07) is 17.6. The number of likely N-dealkylation sites (tertiary alicyclic amines) is 1. The average molecular weight is 420 g/mol. The zero-order valence-corrected chi connectivity index (χ0v) is 14.7. The van der Waals surface area contributed by atoms with Gasteiger partial charge in [-0.1, -0.05) is 42.5 Å². The van der Waals surface area contributed by atoms with Gasteiger partial charge in [0, 0.05) is 22.5 Å². The Balaban J connectivity index is 1.61. The molecule has 23 heavy (non-hydrogen) atoms. The van der Waals surface area contributed by atoms with Gasteiger partial charge in [-0.3, -0.25) is 9.59 Å². The van der Waals surface area contributed by atoms with Crippen LogP contribution in [0.3, 0.4) is 0 Å². The maximum atomic E-state index is 12.2. The van der Waals surface area contributed by atoms with E-state index in [0.717, 1.165) is 14.8 Å². The van der Waals surface area contributed by atoms with Crippen LogP contribution in [-0.4, -0.2) is 29.8 Å². The molecule has 2 amide bonds. The van der Waals surface area contributed by atoms with E-state index in [0.29, 0.717) is 13.0 Å². The van der Waals surface area contributed by atoms with Gasteiger partial charge in [0.25, 0.3) is 0 Å². The number of halogens is 1. The fourth-order valence-electron chi connectivity index (χ4n) is 2.80. The van der Waals surface area contributed by atoms with E-state index in [1.54, 1.807) is 4.90 Å². The monoisotopic (exact) mass is 420 g/mol. The first-order chi connectivity index (χ1) is 11.1. The smallest absolute Gasteiger partial charge is 0.244 e.